The highest BCUT2D eigenvalue weighted by atomic mass is 79.9. The molecule has 2 heterocycles. The van der Waals surface area contributed by atoms with Gasteiger partial charge in [-0.1, -0.05) is 18.2 Å². The van der Waals surface area contributed by atoms with Crippen LogP contribution >= 0.6 is 15.9 Å². The molecule has 0 radical (unpaired) electrons. The Balaban J connectivity index is 2.03. The number of rotatable bonds is 1. The quantitative estimate of drug-likeness (QED) is 0.879. The summed E-state index contributed by atoms with van der Waals surface area (Å²) in [7, 11) is 0. The highest BCUT2D eigenvalue weighted by molar-refractivity contribution is 9.10. The average Bonchev–Trinajstić information content (AvgIpc) is 2.62. The molecule has 1 aliphatic rings. The molecular weight excluding hydrogens is 292 g/mol. The number of nitrogens with one attached hydrogen (secondary N) is 1. The van der Waals surface area contributed by atoms with Crippen molar-refractivity contribution in [1.29, 1.82) is 0 Å². The van der Waals surface area contributed by atoms with E-state index in [1.807, 2.05) is 0 Å². The van der Waals surface area contributed by atoms with Crippen LogP contribution in [0.25, 0.3) is 0 Å². The maximum Gasteiger partial charge on any atom is 0.229 e. The summed E-state index contributed by atoms with van der Waals surface area (Å²) in [4.78, 5) is 10.9. The van der Waals surface area contributed by atoms with E-state index in [4.69, 9.17) is 0 Å². The Morgan fingerprint density at radius 2 is 1.94 bits per heavy atom. The first-order valence-corrected chi connectivity index (χ1v) is 6.67. The summed E-state index contributed by atoms with van der Waals surface area (Å²) >= 11 is 3.36. The highest BCUT2D eigenvalue weighted by Gasteiger charge is 2.17. The molecule has 5 heteroatoms. The molecule has 4 nitrogen and oxygen atoms in total. The number of fused-ring (bicyclic) bond motifs is 1. The second-order valence-electron chi connectivity index (χ2n) is 4.16. The van der Waals surface area contributed by atoms with Crippen LogP contribution in [-0.4, -0.2) is 23.1 Å². The Morgan fingerprint density at radius 1 is 1.17 bits per heavy atom. The molecule has 0 aliphatic carbocycles. The number of benzene rings is 1. The van der Waals surface area contributed by atoms with Crippen molar-refractivity contribution in [3.63, 3.8) is 0 Å². The summed E-state index contributed by atoms with van der Waals surface area (Å²) < 4.78 is 0.896. The molecule has 3 rings (SSSR count). The zero-order valence-corrected chi connectivity index (χ0v) is 11.4. The van der Waals surface area contributed by atoms with Gasteiger partial charge in [0.2, 0.25) is 5.95 Å². The van der Waals surface area contributed by atoms with Crippen molar-refractivity contribution in [3.05, 3.63) is 46.7 Å². The van der Waals surface area contributed by atoms with Crippen molar-refractivity contribution in [2.24, 2.45) is 0 Å². The Bertz CT molecular complexity index is 541. The molecule has 0 unspecified atom stereocenters. The van der Waals surface area contributed by atoms with E-state index in [0.29, 0.717) is 0 Å². The van der Waals surface area contributed by atoms with E-state index in [9.17, 15) is 0 Å². The fourth-order valence-electron chi connectivity index (χ4n) is 2.11. The molecule has 2 aromatic rings. The summed E-state index contributed by atoms with van der Waals surface area (Å²) in [5.41, 5.74) is 2.46. The van der Waals surface area contributed by atoms with Gasteiger partial charge in [0.1, 0.15) is 0 Å². The molecule has 1 aromatic carbocycles. The first-order valence-electron chi connectivity index (χ1n) is 5.88. The number of hydrogen-bond donors (Lipinski definition) is 1. The van der Waals surface area contributed by atoms with Gasteiger partial charge >= 0.3 is 0 Å². The van der Waals surface area contributed by atoms with Gasteiger partial charge in [0.05, 0.1) is 4.47 Å². The zero-order valence-electron chi connectivity index (χ0n) is 9.81. The second-order valence-corrected chi connectivity index (χ2v) is 5.07. The van der Waals surface area contributed by atoms with E-state index >= 15 is 0 Å². The number of para-hydroxylation sites is 1. The van der Waals surface area contributed by atoms with E-state index in [0.717, 1.165) is 30.1 Å². The van der Waals surface area contributed by atoms with Crippen LogP contribution in [0.4, 0.5) is 11.6 Å². The molecule has 0 saturated heterocycles. The lowest BCUT2D eigenvalue weighted by molar-refractivity contribution is 0.709. The first-order chi connectivity index (χ1) is 8.84. The van der Waals surface area contributed by atoms with Gasteiger partial charge in [-0.2, -0.15) is 0 Å². The predicted molar refractivity (Wildman–Crippen MR) is 74.9 cm³/mol. The highest BCUT2D eigenvalue weighted by Crippen LogP contribution is 2.27. The maximum atomic E-state index is 4.38. The van der Waals surface area contributed by atoms with Crippen LogP contribution in [0, 0.1) is 0 Å². The second kappa shape index (κ2) is 5.04. The minimum absolute atomic E-state index is 0.745. The van der Waals surface area contributed by atoms with Crippen molar-refractivity contribution in [3.8, 4) is 0 Å². The van der Waals surface area contributed by atoms with Gasteiger partial charge in [0, 0.05) is 37.7 Å². The van der Waals surface area contributed by atoms with Crippen LogP contribution in [0.1, 0.15) is 5.56 Å². The normalized spacial score (nSPS) is 15.1. The predicted octanol–water partition coefficient (Wildman–Crippen LogP) is 2.48. The number of halogens is 1. The third-order valence-corrected chi connectivity index (χ3v) is 3.37. The number of hydrogen-bond acceptors (Lipinski definition) is 4. The summed E-state index contributed by atoms with van der Waals surface area (Å²) in [6.07, 6.45) is 3.56. The number of nitrogens with zero attached hydrogens (tertiary/aromatic N) is 3. The molecule has 0 spiro atoms. The van der Waals surface area contributed by atoms with Gasteiger partial charge in [0.25, 0.3) is 0 Å². The van der Waals surface area contributed by atoms with Crippen LogP contribution in [0.15, 0.2) is 41.1 Å². The standard InChI is InChI=1S/C13H13BrN4/c14-11-8-16-13(17-9-11)18-6-5-15-7-10-3-1-2-4-12(10)18/h1-4,8-9,15H,5-7H2. The molecule has 0 amide bonds. The van der Waals surface area contributed by atoms with Crippen LogP contribution in [-0.2, 0) is 6.54 Å². The van der Waals surface area contributed by atoms with E-state index in [1.54, 1.807) is 12.4 Å². The Labute approximate surface area is 114 Å². The van der Waals surface area contributed by atoms with Crippen LogP contribution in [0.3, 0.4) is 0 Å². The van der Waals surface area contributed by atoms with Gasteiger partial charge in [-0.3, -0.25) is 0 Å². The summed E-state index contributed by atoms with van der Waals surface area (Å²) in [6, 6.07) is 8.37. The lowest BCUT2D eigenvalue weighted by atomic mass is 10.1. The van der Waals surface area contributed by atoms with E-state index < -0.39 is 0 Å². The van der Waals surface area contributed by atoms with Gasteiger partial charge in [-0.15, -0.1) is 0 Å². The molecule has 0 atom stereocenters. The summed E-state index contributed by atoms with van der Waals surface area (Å²) in [5, 5.41) is 3.41. The Morgan fingerprint density at radius 3 is 2.78 bits per heavy atom. The lowest BCUT2D eigenvalue weighted by Crippen LogP contribution is -2.25. The molecule has 1 aliphatic heterocycles. The molecule has 18 heavy (non-hydrogen) atoms. The van der Waals surface area contributed by atoms with Crippen molar-refractivity contribution >= 4 is 27.6 Å². The molecule has 0 bridgehead atoms. The topological polar surface area (TPSA) is 41.1 Å². The minimum Gasteiger partial charge on any atom is -0.311 e. The minimum atomic E-state index is 0.745. The van der Waals surface area contributed by atoms with Crippen molar-refractivity contribution in [1.82, 2.24) is 15.3 Å². The van der Waals surface area contributed by atoms with Gasteiger partial charge < -0.3 is 10.2 Å². The average molecular weight is 305 g/mol. The van der Waals surface area contributed by atoms with Crippen LogP contribution < -0.4 is 10.2 Å². The molecule has 92 valence electrons. The van der Waals surface area contributed by atoms with Gasteiger partial charge in [-0.05, 0) is 27.6 Å². The SMILES string of the molecule is Brc1cnc(N2CCNCc3ccccc32)nc1. The van der Waals surface area contributed by atoms with Crippen molar-refractivity contribution in [2.45, 2.75) is 6.54 Å². The lowest BCUT2D eigenvalue weighted by Gasteiger charge is -2.22. The summed E-state index contributed by atoms with van der Waals surface area (Å²) in [6.45, 7) is 2.69. The molecule has 0 fully saturated rings. The molecule has 0 saturated carbocycles. The smallest absolute Gasteiger partial charge is 0.229 e. The summed E-state index contributed by atoms with van der Waals surface area (Å²) in [5.74, 6) is 0.745. The third kappa shape index (κ3) is 2.23. The van der Waals surface area contributed by atoms with E-state index in [1.165, 1.54) is 11.3 Å². The van der Waals surface area contributed by atoms with Crippen LogP contribution in [0.2, 0.25) is 0 Å². The van der Waals surface area contributed by atoms with Crippen molar-refractivity contribution < 1.29 is 0 Å². The third-order valence-electron chi connectivity index (χ3n) is 2.96. The number of anilines is 2. The van der Waals surface area contributed by atoms with Crippen LogP contribution in [0.5, 0.6) is 0 Å². The number of aromatic nitrogens is 2. The zero-order chi connectivity index (χ0) is 12.4. The van der Waals surface area contributed by atoms with Gasteiger partial charge in [-0.25, -0.2) is 9.97 Å². The fourth-order valence-corrected chi connectivity index (χ4v) is 2.32. The van der Waals surface area contributed by atoms with Crippen molar-refractivity contribution in [2.75, 3.05) is 18.0 Å². The van der Waals surface area contributed by atoms with Gasteiger partial charge in [0.15, 0.2) is 0 Å². The van der Waals surface area contributed by atoms with E-state index in [2.05, 4.69) is 60.4 Å². The molecular formula is C13H13BrN4. The monoisotopic (exact) mass is 304 g/mol. The first kappa shape index (κ1) is 11.6. The largest absolute Gasteiger partial charge is 0.311 e. The maximum absolute atomic E-state index is 4.38. The molecule has 1 aromatic heterocycles. The Kier molecular flexibility index (Phi) is 3.25. The molecule has 1 N–H and O–H groups in total. The van der Waals surface area contributed by atoms with E-state index in [-0.39, 0.29) is 0 Å². The Hall–Kier alpha value is -1.46. The fraction of sp³-hybridized carbons (Fsp3) is 0.231.